The van der Waals surface area contributed by atoms with Crippen molar-refractivity contribution in [3.05, 3.63) is 32.6 Å². The van der Waals surface area contributed by atoms with Crippen LogP contribution in [0.2, 0.25) is 0 Å². The summed E-state index contributed by atoms with van der Waals surface area (Å²) in [5, 5.41) is 3.07. The highest BCUT2D eigenvalue weighted by atomic mass is 16.5. The number of nitrogens with one attached hydrogen (secondary N) is 1. The number of amides is 2. The number of carbonyl (C=O) groups excluding carboxylic acids is 2. The summed E-state index contributed by atoms with van der Waals surface area (Å²) in [7, 11) is 1.55. The molecule has 2 fully saturated rings. The Hall–Kier alpha value is -3.21. The second-order valence-corrected chi connectivity index (χ2v) is 8.65. The van der Waals surface area contributed by atoms with E-state index in [0.29, 0.717) is 50.4 Å². The van der Waals surface area contributed by atoms with Gasteiger partial charge in [0.2, 0.25) is 11.8 Å². The molecule has 4 rings (SSSR count). The fourth-order valence-corrected chi connectivity index (χ4v) is 4.56. The fourth-order valence-electron chi connectivity index (χ4n) is 4.56. The van der Waals surface area contributed by atoms with E-state index in [1.54, 1.807) is 25.1 Å². The topological polar surface area (TPSA) is 119 Å². The molecule has 0 spiro atoms. The Balaban J connectivity index is 1.68. The van der Waals surface area contributed by atoms with Gasteiger partial charge >= 0.3 is 5.69 Å². The third-order valence-electron chi connectivity index (χ3n) is 6.40. The zero-order valence-corrected chi connectivity index (χ0v) is 19.3. The predicted octanol–water partition coefficient (Wildman–Crippen LogP) is -0.633. The Kier molecular flexibility index (Phi) is 6.50. The molecular formula is C22H30N6O5. The molecule has 0 aromatic carbocycles. The number of hydrogen-bond donors (Lipinski definition) is 1. The van der Waals surface area contributed by atoms with Crippen molar-refractivity contribution in [2.45, 2.75) is 39.3 Å². The van der Waals surface area contributed by atoms with Crippen LogP contribution < -0.4 is 21.5 Å². The van der Waals surface area contributed by atoms with E-state index < -0.39 is 17.2 Å². The van der Waals surface area contributed by atoms with Gasteiger partial charge in [-0.25, -0.2) is 9.78 Å². The third kappa shape index (κ3) is 4.50. The molecule has 178 valence electrons. The number of ether oxygens (including phenoxy) is 1. The molecule has 2 aromatic heterocycles. The smallest absolute Gasteiger partial charge is 0.332 e. The number of aryl methyl sites for hydroxylation is 2. The second kappa shape index (κ2) is 9.34. The minimum atomic E-state index is -0.594. The maximum Gasteiger partial charge on any atom is 0.332 e. The van der Waals surface area contributed by atoms with Crippen molar-refractivity contribution in [2.24, 2.45) is 7.05 Å². The maximum absolute atomic E-state index is 13.5. The minimum absolute atomic E-state index is 0.0183. The van der Waals surface area contributed by atoms with Gasteiger partial charge in [-0.15, -0.1) is 0 Å². The van der Waals surface area contributed by atoms with Crippen LogP contribution in [0.25, 0.3) is 11.0 Å². The Bertz CT molecular complexity index is 1190. The number of fused-ring (bicyclic) bond motifs is 1. The van der Waals surface area contributed by atoms with E-state index in [4.69, 9.17) is 4.74 Å². The summed E-state index contributed by atoms with van der Waals surface area (Å²) in [4.78, 5) is 58.8. The van der Waals surface area contributed by atoms with Crippen LogP contribution in [-0.4, -0.2) is 76.3 Å². The van der Waals surface area contributed by atoms with Crippen molar-refractivity contribution in [1.29, 1.82) is 0 Å². The number of rotatable bonds is 5. The molecular weight excluding hydrogens is 428 g/mol. The highest BCUT2D eigenvalue weighted by Gasteiger charge is 2.25. The molecule has 11 nitrogen and oxygen atoms in total. The molecule has 2 amide bonds. The van der Waals surface area contributed by atoms with E-state index in [-0.39, 0.29) is 24.2 Å². The Morgan fingerprint density at radius 1 is 1.21 bits per heavy atom. The molecule has 2 aromatic rings. The molecule has 2 saturated heterocycles. The van der Waals surface area contributed by atoms with E-state index in [0.717, 1.165) is 23.0 Å². The first-order valence-corrected chi connectivity index (χ1v) is 11.3. The van der Waals surface area contributed by atoms with Crippen molar-refractivity contribution >= 4 is 28.5 Å². The van der Waals surface area contributed by atoms with Gasteiger partial charge < -0.3 is 19.9 Å². The van der Waals surface area contributed by atoms with Crippen LogP contribution in [0, 0.1) is 6.92 Å². The van der Waals surface area contributed by atoms with Gasteiger partial charge in [-0.3, -0.25) is 23.5 Å². The number of hydrogen-bond acceptors (Lipinski definition) is 7. The number of pyridine rings is 1. The first-order chi connectivity index (χ1) is 15.8. The monoisotopic (exact) mass is 458 g/mol. The van der Waals surface area contributed by atoms with Crippen molar-refractivity contribution < 1.29 is 14.3 Å². The molecule has 2 aliphatic rings. The molecule has 0 aliphatic carbocycles. The van der Waals surface area contributed by atoms with Crippen LogP contribution in [0.4, 0.5) is 5.69 Å². The molecule has 1 unspecified atom stereocenters. The van der Waals surface area contributed by atoms with Crippen LogP contribution in [0.1, 0.15) is 25.3 Å². The Labute approximate surface area is 190 Å². The molecule has 0 bridgehead atoms. The standard InChI is InChI=1S/C22H30N6O5/c1-14-11-24-20-18(19(14)27-8-6-26(7-9-27)15(2)29)21(31)28(22(32)25(20)3)13-17(30)23-12-16-5-4-10-33-16/h11,16H,4-10,12-13H2,1-3H3,(H,23,30). The molecule has 2 aliphatic heterocycles. The summed E-state index contributed by atoms with van der Waals surface area (Å²) < 4.78 is 7.78. The predicted molar refractivity (Wildman–Crippen MR) is 122 cm³/mol. The number of piperazine rings is 1. The SMILES string of the molecule is CC(=O)N1CCN(c2c(C)cnc3c2c(=O)n(CC(=O)NCC2CCCO2)c(=O)n3C)CC1. The van der Waals surface area contributed by atoms with Crippen molar-refractivity contribution in [3.8, 4) is 0 Å². The zero-order valence-electron chi connectivity index (χ0n) is 19.3. The minimum Gasteiger partial charge on any atom is -0.376 e. The number of carbonyl (C=O) groups is 2. The summed E-state index contributed by atoms with van der Waals surface area (Å²) in [5.74, 6) is -0.397. The Morgan fingerprint density at radius 2 is 1.94 bits per heavy atom. The van der Waals surface area contributed by atoms with E-state index in [2.05, 4.69) is 10.3 Å². The highest BCUT2D eigenvalue weighted by molar-refractivity contribution is 5.91. The van der Waals surface area contributed by atoms with Gasteiger partial charge in [0.25, 0.3) is 5.56 Å². The summed E-state index contributed by atoms with van der Waals surface area (Å²) >= 11 is 0. The summed E-state index contributed by atoms with van der Waals surface area (Å²) in [6.45, 7) is 6.28. The van der Waals surface area contributed by atoms with Crippen LogP contribution >= 0.6 is 0 Å². The summed E-state index contributed by atoms with van der Waals surface area (Å²) in [6.07, 6.45) is 3.45. The van der Waals surface area contributed by atoms with E-state index >= 15 is 0 Å². The van der Waals surface area contributed by atoms with Crippen LogP contribution in [0.3, 0.4) is 0 Å². The molecule has 1 atom stereocenters. The first-order valence-electron chi connectivity index (χ1n) is 11.3. The molecule has 33 heavy (non-hydrogen) atoms. The van der Waals surface area contributed by atoms with Gasteiger partial charge in [0, 0.05) is 59.5 Å². The number of anilines is 1. The molecule has 11 heteroatoms. The fraction of sp³-hybridized carbons (Fsp3) is 0.591. The van der Waals surface area contributed by atoms with Gasteiger partial charge in [0.05, 0.1) is 11.8 Å². The number of aromatic nitrogens is 3. The normalized spacial score (nSPS) is 18.7. The highest BCUT2D eigenvalue weighted by Crippen LogP contribution is 2.27. The van der Waals surface area contributed by atoms with E-state index in [1.165, 1.54) is 4.57 Å². The van der Waals surface area contributed by atoms with E-state index in [9.17, 15) is 19.2 Å². The second-order valence-electron chi connectivity index (χ2n) is 8.65. The summed E-state index contributed by atoms with van der Waals surface area (Å²) in [6, 6.07) is 0. The van der Waals surface area contributed by atoms with Gasteiger partial charge in [0.1, 0.15) is 11.9 Å². The average Bonchev–Trinajstić information content (AvgIpc) is 3.32. The van der Waals surface area contributed by atoms with Crippen LogP contribution in [-0.2, 0) is 27.9 Å². The quantitative estimate of drug-likeness (QED) is 0.634. The van der Waals surface area contributed by atoms with Gasteiger partial charge in [0.15, 0.2) is 5.65 Å². The van der Waals surface area contributed by atoms with E-state index in [1.807, 2.05) is 11.8 Å². The maximum atomic E-state index is 13.5. The van der Waals surface area contributed by atoms with Gasteiger partial charge in [-0.1, -0.05) is 0 Å². The molecule has 0 radical (unpaired) electrons. The zero-order chi connectivity index (χ0) is 23.7. The van der Waals surface area contributed by atoms with Crippen LogP contribution in [0.5, 0.6) is 0 Å². The Morgan fingerprint density at radius 3 is 2.58 bits per heavy atom. The van der Waals surface area contributed by atoms with Gasteiger partial charge in [-0.2, -0.15) is 0 Å². The lowest BCUT2D eigenvalue weighted by Crippen LogP contribution is -2.49. The van der Waals surface area contributed by atoms with Crippen molar-refractivity contribution in [1.82, 2.24) is 24.3 Å². The first kappa shape index (κ1) is 23.0. The van der Waals surface area contributed by atoms with Crippen molar-refractivity contribution in [3.63, 3.8) is 0 Å². The third-order valence-corrected chi connectivity index (χ3v) is 6.40. The average molecular weight is 459 g/mol. The summed E-state index contributed by atoms with van der Waals surface area (Å²) in [5.41, 5.74) is 0.626. The van der Waals surface area contributed by atoms with Crippen LogP contribution in [0.15, 0.2) is 15.8 Å². The van der Waals surface area contributed by atoms with Crippen molar-refractivity contribution in [2.75, 3.05) is 44.2 Å². The molecule has 0 saturated carbocycles. The molecule has 4 heterocycles. The number of nitrogens with zero attached hydrogens (tertiary/aromatic N) is 5. The van der Waals surface area contributed by atoms with Gasteiger partial charge in [-0.05, 0) is 25.3 Å². The lowest BCUT2D eigenvalue weighted by atomic mass is 10.1. The largest absolute Gasteiger partial charge is 0.376 e. The molecule has 1 N–H and O–H groups in total. The lowest BCUT2D eigenvalue weighted by Gasteiger charge is -2.36. The lowest BCUT2D eigenvalue weighted by molar-refractivity contribution is -0.129.